The van der Waals surface area contributed by atoms with Crippen LogP contribution < -0.4 is 5.32 Å². The van der Waals surface area contributed by atoms with Crippen molar-refractivity contribution in [1.29, 1.82) is 0 Å². The Bertz CT molecular complexity index is 536. The molecule has 4 nitrogen and oxygen atoms in total. The summed E-state index contributed by atoms with van der Waals surface area (Å²) in [6.07, 6.45) is 3.54. The molecule has 2 N–H and O–H groups in total. The Morgan fingerprint density at radius 1 is 1.48 bits per heavy atom. The zero-order chi connectivity index (χ0) is 15.9. The molecular weight excluding hydrogens is 264 g/mol. The second-order valence-corrected chi connectivity index (χ2v) is 6.17. The Morgan fingerprint density at radius 3 is 2.81 bits per heavy atom. The molecule has 4 heteroatoms. The van der Waals surface area contributed by atoms with Crippen LogP contribution in [0.15, 0.2) is 18.5 Å². The smallest absolute Gasteiger partial charge is 0.252 e. The lowest BCUT2D eigenvalue weighted by Gasteiger charge is -2.27. The molecule has 0 aromatic carbocycles. The monoisotopic (exact) mass is 288 g/mol. The van der Waals surface area contributed by atoms with Gasteiger partial charge in [0.25, 0.3) is 5.91 Å². The first kappa shape index (κ1) is 17.2. The molecule has 0 spiro atoms. The lowest BCUT2D eigenvalue weighted by molar-refractivity contribution is 0.0936. The Balaban J connectivity index is 2.77. The maximum atomic E-state index is 12.3. The van der Waals surface area contributed by atoms with E-state index in [1.807, 2.05) is 0 Å². The molecule has 1 rings (SSSR count). The summed E-state index contributed by atoms with van der Waals surface area (Å²) < 4.78 is 0. The molecular formula is C17H24N2O2. The van der Waals surface area contributed by atoms with Gasteiger partial charge < -0.3 is 10.4 Å². The maximum Gasteiger partial charge on any atom is 0.252 e. The Labute approximate surface area is 127 Å². The fourth-order valence-corrected chi connectivity index (χ4v) is 1.55. The third-order valence-electron chi connectivity index (χ3n) is 3.57. The summed E-state index contributed by atoms with van der Waals surface area (Å²) in [5.74, 6) is 5.93. The molecule has 1 aromatic heterocycles. The molecule has 1 atom stereocenters. The van der Waals surface area contributed by atoms with Crippen LogP contribution >= 0.6 is 0 Å². The third-order valence-corrected chi connectivity index (χ3v) is 3.57. The van der Waals surface area contributed by atoms with Gasteiger partial charge >= 0.3 is 0 Å². The molecule has 0 radical (unpaired) electrons. The highest BCUT2D eigenvalue weighted by Crippen LogP contribution is 2.24. The van der Waals surface area contributed by atoms with E-state index in [2.05, 4.69) is 49.8 Å². The Kier molecular flexibility index (Phi) is 6.39. The van der Waals surface area contributed by atoms with Crippen LogP contribution in [0.4, 0.5) is 0 Å². The molecule has 1 amide bonds. The molecule has 0 aliphatic rings. The number of nitrogens with one attached hydrogen (secondary N) is 1. The summed E-state index contributed by atoms with van der Waals surface area (Å²) in [4.78, 5) is 16.3. The van der Waals surface area contributed by atoms with Crippen LogP contribution in [0.1, 0.15) is 50.0 Å². The van der Waals surface area contributed by atoms with Crippen molar-refractivity contribution < 1.29 is 9.90 Å². The third kappa shape index (κ3) is 5.57. The van der Waals surface area contributed by atoms with Gasteiger partial charge in [-0.2, -0.15) is 0 Å². The normalized spacial score (nSPS) is 12.2. The molecule has 0 bridgehead atoms. The lowest BCUT2D eigenvalue weighted by atomic mass is 9.82. The number of aliphatic hydroxyl groups is 1. The molecule has 0 aliphatic heterocycles. The summed E-state index contributed by atoms with van der Waals surface area (Å²) in [6, 6.07) is 1.67. The predicted molar refractivity (Wildman–Crippen MR) is 83.8 cm³/mol. The van der Waals surface area contributed by atoms with Crippen molar-refractivity contribution in [2.24, 2.45) is 11.3 Å². The van der Waals surface area contributed by atoms with Crippen LogP contribution in [0.25, 0.3) is 0 Å². The van der Waals surface area contributed by atoms with E-state index in [0.29, 0.717) is 30.0 Å². The van der Waals surface area contributed by atoms with Crippen molar-refractivity contribution in [1.82, 2.24) is 10.3 Å². The zero-order valence-corrected chi connectivity index (χ0v) is 13.2. The average molecular weight is 288 g/mol. The quantitative estimate of drug-likeness (QED) is 0.835. The molecule has 114 valence electrons. The molecule has 1 heterocycles. The minimum absolute atomic E-state index is 0.0118. The first-order valence-electron chi connectivity index (χ1n) is 7.18. The fraction of sp³-hybridized carbons (Fsp3) is 0.529. The van der Waals surface area contributed by atoms with E-state index in [4.69, 9.17) is 5.11 Å². The number of carbonyl (C=O) groups excluding carboxylic acids is 1. The van der Waals surface area contributed by atoms with Crippen LogP contribution in [-0.4, -0.2) is 29.1 Å². The molecule has 1 unspecified atom stereocenters. The SMILES string of the molecule is CC(CNC(=O)c1ccncc1C#CCCO)C(C)(C)C. The number of hydrogen-bond donors (Lipinski definition) is 2. The molecule has 0 aliphatic carbocycles. The summed E-state index contributed by atoms with van der Waals surface area (Å²) in [6.45, 7) is 9.22. The molecule has 0 fully saturated rings. The van der Waals surface area contributed by atoms with Crippen molar-refractivity contribution in [3.05, 3.63) is 29.6 Å². The highest BCUT2D eigenvalue weighted by Gasteiger charge is 2.21. The number of hydrogen-bond acceptors (Lipinski definition) is 3. The minimum Gasteiger partial charge on any atom is -0.395 e. The second-order valence-electron chi connectivity index (χ2n) is 6.17. The molecule has 0 saturated carbocycles. The second kappa shape index (κ2) is 7.80. The number of carbonyl (C=O) groups is 1. The van der Waals surface area contributed by atoms with Crippen LogP contribution in [0.5, 0.6) is 0 Å². The number of aliphatic hydroxyl groups excluding tert-OH is 1. The van der Waals surface area contributed by atoms with Crippen LogP contribution in [0, 0.1) is 23.2 Å². The van der Waals surface area contributed by atoms with Gasteiger partial charge in [-0.1, -0.05) is 39.5 Å². The van der Waals surface area contributed by atoms with Gasteiger partial charge in [0, 0.05) is 25.4 Å². The van der Waals surface area contributed by atoms with E-state index in [1.165, 1.54) is 0 Å². The Morgan fingerprint density at radius 2 is 2.19 bits per heavy atom. The van der Waals surface area contributed by atoms with Gasteiger partial charge in [-0.25, -0.2) is 0 Å². The van der Waals surface area contributed by atoms with E-state index in [9.17, 15) is 4.79 Å². The molecule has 21 heavy (non-hydrogen) atoms. The van der Waals surface area contributed by atoms with E-state index in [0.717, 1.165) is 0 Å². The zero-order valence-electron chi connectivity index (χ0n) is 13.2. The van der Waals surface area contributed by atoms with Gasteiger partial charge in [0.15, 0.2) is 0 Å². The predicted octanol–water partition coefficient (Wildman–Crippen LogP) is 2.23. The van der Waals surface area contributed by atoms with Crippen molar-refractivity contribution in [3.63, 3.8) is 0 Å². The number of aromatic nitrogens is 1. The van der Waals surface area contributed by atoms with Gasteiger partial charge in [-0.05, 0) is 17.4 Å². The number of rotatable bonds is 4. The highest BCUT2D eigenvalue weighted by molar-refractivity contribution is 5.96. The van der Waals surface area contributed by atoms with Gasteiger partial charge in [0.2, 0.25) is 0 Å². The number of pyridine rings is 1. The standard InChI is InChI=1S/C17H24N2O2/c1-13(17(2,3)4)11-19-16(21)15-8-9-18-12-14(15)7-5-6-10-20/h8-9,12-13,20H,6,10-11H2,1-4H3,(H,19,21). The first-order chi connectivity index (χ1) is 9.86. The highest BCUT2D eigenvalue weighted by atomic mass is 16.2. The van der Waals surface area contributed by atoms with E-state index in [1.54, 1.807) is 18.5 Å². The van der Waals surface area contributed by atoms with Crippen molar-refractivity contribution in [2.75, 3.05) is 13.2 Å². The van der Waals surface area contributed by atoms with Gasteiger partial charge in [-0.15, -0.1) is 0 Å². The van der Waals surface area contributed by atoms with Crippen LogP contribution in [0.3, 0.4) is 0 Å². The first-order valence-corrected chi connectivity index (χ1v) is 7.18. The summed E-state index contributed by atoms with van der Waals surface area (Å²) >= 11 is 0. The van der Waals surface area contributed by atoms with Crippen molar-refractivity contribution >= 4 is 5.91 Å². The summed E-state index contributed by atoms with van der Waals surface area (Å²) in [5, 5.41) is 11.7. The van der Waals surface area contributed by atoms with Crippen molar-refractivity contribution in [2.45, 2.75) is 34.1 Å². The molecule has 1 aromatic rings. The number of nitrogens with zero attached hydrogens (tertiary/aromatic N) is 1. The Hall–Kier alpha value is -1.86. The van der Waals surface area contributed by atoms with Crippen LogP contribution in [-0.2, 0) is 0 Å². The lowest BCUT2D eigenvalue weighted by Crippen LogP contribution is -2.34. The van der Waals surface area contributed by atoms with Gasteiger partial charge in [-0.3, -0.25) is 9.78 Å². The maximum absolute atomic E-state index is 12.3. The van der Waals surface area contributed by atoms with E-state index in [-0.39, 0.29) is 17.9 Å². The minimum atomic E-state index is -0.137. The summed E-state index contributed by atoms with van der Waals surface area (Å²) in [5.41, 5.74) is 1.26. The van der Waals surface area contributed by atoms with Gasteiger partial charge in [0.05, 0.1) is 17.7 Å². The van der Waals surface area contributed by atoms with Gasteiger partial charge in [0.1, 0.15) is 0 Å². The van der Waals surface area contributed by atoms with E-state index < -0.39 is 0 Å². The van der Waals surface area contributed by atoms with Crippen LogP contribution in [0.2, 0.25) is 0 Å². The van der Waals surface area contributed by atoms with E-state index >= 15 is 0 Å². The van der Waals surface area contributed by atoms with Crippen molar-refractivity contribution in [3.8, 4) is 11.8 Å². The fourth-order valence-electron chi connectivity index (χ4n) is 1.55. The summed E-state index contributed by atoms with van der Waals surface area (Å²) in [7, 11) is 0. The topological polar surface area (TPSA) is 62.2 Å². The average Bonchev–Trinajstić information content (AvgIpc) is 2.44. The number of amides is 1. The molecule has 0 saturated heterocycles. The largest absolute Gasteiger partial charge is 0.395 e.